The predicted molar refractivity (Wildman–Crippen MR) is 88.9 cm³/mol. The molecule has 1 aromatic carbocycles. The second-order valence-electron chi connectivity index (χ2n) is 5.65. The lowest BCUT2D eigenvalue weighted by Gasteiger charge is -2.15. The van der Waals surface area contributed by atoms with Gasteiger partial charge in [-0.15, -0.1) is 0 Å². The molecule has 0 spiro atoms. The normalized spacial score (nSPS) is 12.4. The molecule has 0 aliphatic rings. The molecule has 0 radical (unpaired) electrons. The van der Waals surface area contributed by atoms with Gasteiger partial charge in [0.2, 0.25) is 5.91 Å². The Balaban J connectivity index is 1.50. The first-order chi connectivity index (χ1) is 11.7. The number of imidazole rings is 1. The molecule has 24 heavy (non-hydrogen) atoms. The third-order valence-corrected chi connectivity index (χ3v) is 3.92. The van der Waals surface area contributed by atoms with Crippen molar-refractivity contribution in [2.24, 2.45) is 0 Å². The topological polar surface area (TPSA) is 75.6 Å². The highest BCUT2D eigenvalue weighted by Crippen LogP contribution is 2.14. The number of carbonyl (C=O) groups excluding carboxylic acids is 1. The van der Waals surface area contributed by atoms with Gasteiger partial charge >= 0.3 is 0 Å². The van der Waals surface area contributed by atoms with Crippen molar-refractivity contribution in [3.05, 3.63) is 48.3 Å². The minimum atomic E-state index is -0.283. The molecule has 0 fully saturated rings. The number of hydrogen-bond acceptors (Lipinski definition) is 3. The molecule has 1 amide bonds. The minimum Gasteiger partial charge on any atom is -0.354 e. The largest absolute Gasteiger partial charge is 0.354 e. The maximum absolute atomic E-state index is 13.2. The van der Waals surface area contributed by atoms with E-state index in [0.29, 0.717) is 24.9 Å². The number of aromatic amines is 1. The molecule has 0 saturated heterocycles. The Labute approximate surface area is 139 Å². The summed E-state index contributed by atoms with van der Waals surface area (Å²) < 4.78 is 14.8. The summed E-state index contributed by atoms with van der Waals surface area (Å²) in [5, 5.41) is 7.06. The number of hydrogen-bond donors (Lipinski definition) is 2. The molecule has 0 aliphatic carbocycles. The van der Waals surface area contributed by atoms with E-state index in [4.69, 9.17) is 0 Å². The second-order valence-corrected chi connectivity index (χ2v) is 5.65. The molecule has 2 aromatic heterocycles. The fourth-order valence-electron chi connectivity index (χ4n) is 2.70. The molecule has 3 aromatic rings. The smallest absolute Gasteiger partial charge is 0.244 e. The second kappa shape index (κ2) is 7.25. The first kappa shape index (κ1) is 16.2. The van der Waals surface area contributed by atoms with E-state index in [1.54, 1.807) is 29.2 Å². The van der Waals surface area contributed by atoms with Crippen molar-refractivity contribution in [1.29, 1.82) is 0 Å². The molecule has 3 rings (SSSR count). The van der Waals surface area contributed by atoms with Gasteiger partial charge in [-0.2, -0.15) is 5.10 Å². The van der Waals surface area contributed by atoms with Crippen LogP contribution in [0, 0.1) is 5.82 Å². The van der Waals surface area contributed by atoms with Gasteiger partial charge in [-0.25, -0.2) is 9.37 Å². The van der Waals surface area contributed by atoms with E-state index in [1.807, 2.05) is 6.92 Å². The van der Waals surface area contributed by atoms with E-state index in [1.165, 1.54) is 12.1 Å². The number of halogens is 1. The van der Waals surface area contributed by atoms with Crippen LogP contribution in [0.1, 0.15) is 31.6 Å². The fourth-order valence-corrected chi connectivity index (χ4v) is 2.70. The SMILES string of the molecule is CCC(C(=O)NCCCc1nc2ccc(F)cc2[nH]1)n1cccn1. The van der Waals surface area contributed by atoms with Crippen LogP contribution in [0.15, 0.2) is 36.7 Å². The van der Waals surface area contributed by atoms with Crippen molar-refractivity contribution < 1.29 is 9.18 Å². The van der Waals surface area contributed by atoms with Gasteiger partial charge in [-0.05, 0) is 37.1 Å². The maximum atomic E-state index is 13.2. The van der Waals surface area contributed by atoms with Gasteiger partial charge in [0.15, 0.2) is 0 Å². The van der Waals surface area contributed by atoms with Gasteiger partial charge in [0.25, 0.3) is 0 Å². The summed E-state index contributed by atoms with van der Waals surface area (Å²) in [5.41, 5.74) is 1.44. The van der Waals surface area contributed by atoms with E-state index in [0.717, 1.165) is 17.8 Å². The zero-order chi connectivity index (χ0) is 16.9. The Bertz CT molecular complexity index is 812. The molecular weight excluding hydrogens is 309 g/mol. The van der Waals surface area contributed by atoms with Crippen LogP contribution in [0.25, 0.3) is 11.0 Å². The van der Waals surface area contributed by atoms with Crippen LogP contribution in [0.4, 0.5) is 4.39 Å². The van der Waals surface area contributed by atoms with E-state index in [9.17, 15) is 9.18 Å². The molecule has 126 valence electrons. The molecular formula is C17H20FN5O. The van der Waals surface area contributed by atoms with Crippen molar-refractivity contribution in [2.75, 3.05) is 6.54 Å². The lowest BCUT2D eigenvalue weighted by molar-refractivity contribution is -0.124. The van der Waals surface area contributed by atoms with E-state index >= 15 is 0 Å². The van der Waals surface area contributed by atoms with Crippen LogP contribution < -0.4 is 5.32 Å². The van der Waals surface area contributed by atoms with Gasteiger partial charge in [0.1, 0.15) is 17.7 Å². The van der Waals surface area contributed by atoms with Crippen LogP contribution in [0.3, 0.4) is 0 Å². The number of aryl methyl sites for hydroxylation is 1. The molecule has 0 aliphatic heterocycles. The average molecular weight is 329 g/mol. The summed E-state index contributed by atoms with van der Waals surface area (Å²) in [6.45, 7) is 2.52. The summed E-state index contributed by atoms with van der Waals surface area (Å²) in [7, 11) is 0. The van der Waals surface area contributed by atoms with Gasteiger partial charge < -0.3 is 10.3 Å². The lowest BCUT2D eigenvalue weighted by atomic mass is 10.2. The van der Waals surface area contributed by atoms with Crippen molar-refractivity contribution in [3.63, 3.8) is 0 Å². The third-order valence-electron chi connectivity index (χ3n) is 3.92. The highest BCUT2D eigenvalue weighted by atomic mass is 19.1. The van der Waals surface area contributed by atoms with Gasteiger partial charge in [0, 0.05) is 25.4 Å². The molecule has 1 unspecified atom stereocenters. The van der Waals surface area contributed by atoms with Gasteiger partial charge in [0.05, 0.1) is 11.0 Å². The highest BCUT2D eigenvalue weighted by Gasteiger charge is 2.17. The Morgan fingerprint density at radius 2 is 2.33 bits per heavy atom. The summed E-state index contributed by atoms with van der Waals surface area (Å²) in [5.74, 6) is 0.478. The number of nitrogens with one attached hydrogen (secondary N) is 2. The number of carbonyl (C=O) groups is 1. The Hall–Kier alpha value is -2.70. The monoisotopic (exact) mass is 329 g/mol. The zero-order valence-corrected chi connectivity index (χ0v) is 13.5. The zero-order valence-electron chi connectivity index (χ0n) is 13.5. The quantitative estimate of drug-likeness (QED) is 0.654. The standard InChI is InChI=1S/C17H20FN5O/c1-2-15(23-10-4-9-20-23)17(24)19-8-3-5-16-21-13-7-6-12(18)11-14(13)22-16/h4,6-7,9-11,15H,2-3,5,8H2,1H3,(H,19,24)(H,21,22). The van der Waals surface area contributed by atoms with E-state index < -0.39 is 0 Å². The van der Waals surface area contributed by atoms with Crippen molar-refractivity contribution >= 4 is 16.9 Å². The number of rotatable bonds is 7. The van der Waals surface area contributed by atoms with Crippen LogP contribution in [0.5, 0.6) is 0 Å². The van der Waals surface area contributed by atoms with Gasteiger partial charge in [-0.3, -0.25) is 9.48 Å². The number of fused-ring (bicyclic) bond motifs is 1. The predicted octanol–water partition coefficient (Wildman–Crippen LogP) is 2.60. The number of nitrogens with zero attached hydrogens (tertiary/aromatic N) is 3. The first-order valence-electron chi connectivity index (χ1n) is 8.08. The summed E-state index contributed by atoms with van der Waals surface area (Å²) in [6, 6.07) is 6.01. The summed E-state index contributed by atoms with van der Waals surface area (Å²) >= 11 is 0. The van der Waals surface area contributed by atoms with Gasteiger partial charge in [-0.1, -0.05) is 6.92 Å². The molecule has 0 bridgehead atoms. The Kier molecular flexibility index (Phi) is 4.88. The molecule has 1 atom stereocenters. The fraction of sp³-hybridized carbons (Fsp3) is 0.353. The number of aromatic nitrogens is 4. The molecule has 7 heteroatoms. The lowest BCUT2D eigenvalue weighted by Crippen LogP contribution is -2.33. The first-order valence-corrected chi connectivity index (χ1v) is 8.08. The van der Waals surface area contributed by atoms with Crippen LogP contribution in [-0.4, -0.2) is 32.2 Å². The molecule has 2 N–H and O–H groups in total. The Morgan fingerprint density at radius 3 is 3.08 bits per heavy atom. The van der Waals surface area contributed by atoms with Crippen LogP contribution >= 0.6 is 0 Å². The minimum absolute atomic E-state index is 0.0344. The molecule has 2 heterocycles. The summed E-state index contributed by atoms with van der Waals surface area (Å²) in [4.78, 5) is 19.7. The van der Waals surface area contributed by atoms with Crippen LogP contribution in [0.2, 0.25) is 0 Å². The van der Waals surface area contributed by atoms with Crippen molar-refractivity contribution in [3.8, 4) is 0 Å². The number of H-pyrrole nitrogens is 1. The molecule has 6 nitrogen and oxygen atoms in total. The average Bonchev–Trinajstić information content (AvgIpc) is 3.21. The third kappa shape index (κ3) is 3.61. The number of amides is 1. The van der Waals surface area contributed by atoms with E-state index in [2.05, 4.69) is 20.4 Å². The Morgan fingerprint density at radius 1 is 1.46 bits per heavy atom. The van der Waals surface area contributed by atoms with Crippen molar-refractivity contribution in [2.45, 2.75) is 32.2 Å². The van der Waals surface area contributed by atoms with E-state index in [-0.39, 0.29) is 17.8 Å². The summed E-state index contributed by atoms with van der Waals surface area (Å²) in [6.07, 6.45) is 5.59. The molecule has 0 saturated carbocycles. The van der Waals surface area contributed by atoms with Crippen molar-refractivity contribution in [1.82, 2.24) is 25.1 Å². The number of benzene rings is 1. The highest BCUT2D eigenvalue weighted by molar-refractivity contribution is 5.80. The van der Waals surface area contributed by atoms with Crippen LogP contribution in [-0.2, 0) is 11.2 Å². The maximum Gasteiger partial charge on any atom is 0.244 e.